The third-order valence-corrected chi connectivity index (χ3v) is 4.11. The summed E-state index contributed by atoms with van der Waals surface area (Å²) in [5, 5.41) is 3.88. The summed E-state index contributed by atoms with van der Waals surface area (Å²) < 4.78 is 23.6. The molecule has 0 amide bonds. The first-order valence-electron chi connectivity index (χ1n) is 6.07. The van der Waals surface area contributed by atoms with Crippen LogP contribution in [0.5, 0.6) is 0 Å². The van der Waals surface area contributed by atoms with E-state index in [4.69, 9.17) is 5.14 Å². The maximum Gasteiger partial charge on any atom is 0.223 e. The van der Waals surface area contributed by atoms with Crippen LogP contribution in [0.4, 0.5) is 0 Å². The number of primary sulfonamides is 1. The number of nitrogens with two attached hydrogens (primary N) is 1. The Balaban J connectivity index is 2.53. The van der Waals surface area contributed by atoms with Gasteiger partial charge in [-0.05, 0) is 12.5 Å². The number of benzene rings is 2. The number of aryl methyl sites for hydroxylation is 1. The second kappa shape index (κ2) is 5.56. The molecule has 0 spiro atoms. The Morgan fingerprint density at radius 3 is 2.25 bits per heavy atom. The molecule has 0 aliphatic rings. The first kappa shape index (κ1) is 14.4. The van der Waals surface area contributed by atoms with Gasteiger partial charge in [-0.25, -0.2) is 13.6 Å². The van der Waals surface area contributed by atoms with E-state index in [2.05, 4.69) is 0 Å². The number of ketones is 1. The van der Waals surface area contributed by atoms with Crippen molar-refractivity contribution in [3.05, 3.63) is 71.3 Å². The molecule has 2 aromatic carbocycles. The molecule has 0 aromatic heterocycles. The van der Waals surface area contributed by atoms with Crippen LogP contribution in [0, 0.1) is 6.92 Å². The van der Waals surface area contributed by atoms with Crippen LogP contribution in [0.15, 0.2) is 54.6 Å². The van der Waals surface area contributed by atoms with Crippen molar-refractivity contribution in [3.63, 3.8) is 0 Å². The van der Waals surface area contributed by atoms with Crippen molar-refractivity contribution in [1.29, 1.82) is 0 Å². The van der Waals surface area contributed by atoms with E-state index in [1.54, 1.807) is 48.5 Å². The van der Waals surface area contributed by atoms with E-state index >= 15 is 0 Å². The predicted octanol–water partition coefficient (Wildman–Crippen LogP) is 2.21. The van der Waals surface area contributed by atoms with E-state index in [1.165, 1.54) is 0 Å². The van der Waals surface area contributed by atoms with Gasteiger partial charge in [0.05, 0.1) is 0 Å². The lowest BCUT2D eigenvalue weighted by Crippen LogP contribution is -2.28. The predicted molar refractivity (Wildman–Crippen MR) is 77.8 cm³/mol. The highest BCUT2D eigenvalue weighted by Gasteiger charge is 2.32. The molecule has 5 heteroatoms. The minimum absolute atomic E-state index is 0.327. The van der Waals surface area contributed by atoms with Crippen molar-refractivity contribution in [2.45, 2.75) is 12.2 Å². The van der Waals surface area contributed by atoms with Gasteiger partial charge in [0.2, 0.25) is 10.0 Å². The van der Waals surface area contributed by atoms with E-state index in [-0.39, 0.29) is 0 Å². The largest absolute Gasteiger partial charge is 0.292 e. The van der Waals surface area contributed by atoms with Crippen LogP contribution in [-0.2, 0) is 10.0 Å². The summed E-state index contributed by atoms with van der Waals surface area (Å²) in [5.74, 6) is -0.515. The van der Waals surface area contributed by atoms with Gasteiger partial charge in [-0.15, -0.1) is 0 Å². The standard InChI is InChI=1S/C15H15NO3S/c1-11-6-5-9-13(10-11)15(20(16,18)19)14(17)12-7-3-2-4-8-12/h2-10,15H,1H3,(H2,16,18,19). The van der Waals surface area contributed by atoms with Crippen LogP contribution in [0.2, 0.25) is 0 Å². The highest BCUT2D eigenvalue weighted by Crippen LogP contribution is 2.25. The van der Waals surface area contributed by atoms with Crippen molar-refractivity contribution in [2.75, 3.05) is 0 Å². The summed E-state index contributed by atoms with van der Waals surface area (Å²) in [7, 11) is -4.03. The third kappa shape index (κ3) is 3.12. The fourth-order valence-electron chi connectivity index (χ4n) is 2.08. The zero-order valence-corrected chi connectivity index (χ0v) is 11.8. The summed E-state index contributed by atoms with van der Waals surface area (Å²) in [6.07, 6.45) is 0. The second-order valence-electron chi connectivity index (χ2n) is 4.61. The number of hydrogen-bond acceptors (Lipinski definition) is 3. The van der Waals surface area contributed by atoms with Crippen LogP contribution in [-0.4, -0.2) is 14.2 Å². The SMILES string of the molecule is Cc1cccc(C(C(=O)c2ccccc2)S(N)(=O)=O)c1. The molecule has 0 aliphatic carbocycles. The fraction of sp³-hybridized carbons (Fsp3) is 0.133. The number of sulfonamides is 1. The molecule has 0 saturated heterocycles. The summed E-state index contributed by atoms with van der Waals surface area (Å²) >= 11 is 0. The van der Waals surface area contributed by atoms with Gasteiger partial charge in [0.1, 0.15) is 0 Å². The van der Waals surface area contributed by atoms with Crippen LogP contribution < -0.4 is 5.14 Å². The van der Waals surface area contributed by atoms with Gasteiger partial charge in [-0.1, -0.05) is 60.2 Å². The van der Waals surface area contributed by atoms with Gasteiger partial charge in [-0.2, -0.15) is 0 Å². The van der Waals surface area contributed by atoms with Gasteiger partial charge >= 0.3 is 0 Å². The van der Waals surface area contributed by atoms with Crippen molar-refractivity contribution in [2.24, 2.45) is 5.14 Å². The summed E-state index contributed by atoms with van der Waals surface area (Å²) in [5.41, 5.74) is 1.59. The lowest BCUT2D eigenvalue weighted by molar-refractivity contribution is 0.0987. The molecule has 1 atom stereocenters. The van der Waals surface area contributed by atoms with Crippen LogP contribution in [0.25, 0.3) is 0 Å². The smallest absolute Gasteiger partial charge is 0.223 e. The molecule has 0 saturated carbocycles. The van der Waals surface area contributed by atoms with Crippen LogP contribution in [0.3, 0.4) is 0 Å². The molecule has 0 heterocycles. The molecule has 0 bridgehead atoms. The first-order valence-corrected chi connectivity index (χ1v) is 7.68. The summed E-state index contributed by atoms with van der Waals surface area (Å²) in [6.45, 7) is 1.83. The number of hydrogen-bond donors (Lipinski definition) is 1. The lowest BCUT2D eigenvalue weighted by atomic mass is 10.0. The fourth-order valence-corrected chi connectivity index (χ4v) is 3.04. The number of carbonyl (C=O) groups is 1. The lowest BCUT2D eigenvalue weighted by Gasteiger charge is -2.14. The topological polar surface area (TPSA) is 77.2 Å². The maximum atomic E-state index is 12.4. The average Bonchev–Trinajstić information content (AvgIpc) is 2.38. The van der Waals surface area contributed by atoms with E-state index in [1.807, 2.05) is 13.0 Å². The zero-order chi connectivity index (χ0) is 14.8. The Hall–Kier alpha value is -1.98. The summed E-state index contributed by atoms with van der Waals surface area (Å²) in [6, 6.07) is 15.1. The molecule has 104 valence electrons. The van der Waals surface area contributed by atoms with E-state index < -0.39 is 21.1 Å². The molecular formula is C15H15NO3S. The van der Waals surface area contributed by atoms with Crippen molar-refractivity contribution >= 4 is 15.8 Å². The first-order chi connectivity index (χ1) is 9.39. The molecule has 0 aliphatic heterocycles. The highest BCUT2D eigenvalue weighted by atomic mass is 32.2. The minimum Gasteiger partial charge on any atom is -0.292 e. The molecule has 1 unspecified atom stereocenters. The average molecular weight is 289 g/mol. The summed E-state index contributed by atoms with van der Waals surface area (Å²) in [4.78, 5) is 12.4. The third-order valence-electron chi connectivity index (χ3n) is 2.97. The zero-order valence-electron chi connectivity index (χ0n) is 11.0. The van der Waals surface area contributed by atoms with Gasteiger partial charge < -0.3 is 0 Å². The molecular weight excluding hydrogens is 274 g/mol. The van der Waals surface area contributed by atoms with Crippen LogP contribution in [0.1, 0.15) is 26.7 Å². The number of carbonyl (C=O) groups excluding carboxylic acids is 1. The molecule has 4 nitrogen and oxygen atoms in total. The maximum absolute atomic E-state index is 12.4. The molecule has 2 N–H and O–H groups in total. The Labute approximate surface area is 118 Å². The monoisotopic (exact) mass is 289 g/mol. The number of Topliss-reactive ketones (excluding diaryl/α,β-unsaturated/α-hetero) is 1. The minimum atomic E-state index is -4.03. The molecule has 2 aromatic rings. The Kier molecular flexibility index (Phi) is 4.01. The van der Waals surface area contributed by atoms with Crippen molar-refractivity contribution < 1.29 is 13.2 Å². The van der Waals surface area contributed by atoms with Gasteiger partial charge in [-0.3, -0.25) is 4.79 Å². The van der Waals surface area contributed by atoms with E-state index in [9.17, 15) is 13.2 Å². The van der Waals surface area contributed by atoms with Gasteiger partial charge in [0.25, 0.3) is 0 Å². The highest BCUT2D eigenvalue weighted by molar-refractivity contribution is 7.90. The van der Waals surface area contributed by atoms with Crippen molar-refractivity contribution in [1.82, 2.24) is 0 Å². The van der Waals surface area contributed by atoms with Gasteiger partial charge in [0.15, 0.2) is 11.0 Å². The van der Waals surface area contributed by atoms with Crippen LogP contribution >= 0.6 is 0 Å². The second-order valence-corrected chi connectivity index (χ2v) is 6.26. The van der Waals surface area contributed by atoms with E-state index in [0.717, 1.165) is 5.56 Å². The normalized spacial score (nSPS) is 12.9. The molecule has 0 radical (unpaired) electrons. The Morgan fingerprint density at radius 1 is 1.05 bits per heavy atom. The van der Waals surface area contributed by atoms with E-state index in [0.29, 0.717) is 11.1 Å². The molecule has 20 heavy (non-hydrogen) atoms. The quantitative estimate of drug-likeness (QED) is 0.877. The molecule has 0 fully saturated rings. The Bertz CT molecular complexity index is 724. The molecule has 2 rings (SSSR count). The van der Waals surface area contributed by atoms with Gasteiger partial charge in [0, 0.05) is 5.56 Å². The Morgan fingerprint density at radius 2 is 1.70 bits per heavy atom. The van der Waals surface area contributed by atoms with Crippen molar-refractivity contribution in [3.8, 4) is 0 Å². The number of rotatable bonds is 4.